The summed E-state index contributed by atoms with van der Waals surface area (Å²) in [5.41, 5.74) is 7.63. The van der Waals surface area contributed by atoms with Crippen LogP contribution in [0.15, 0.2) is 24.3 Å². The molecule has 1 unspecified atom stereocenters. The minimum atomic E-state index is -0.209. The van der Waals surface area contributed by atoms with Crippen LogP contribution in [0.1, 0.15) is 6.42 Å². The second-order valence-corrected chi connectivity index (χ2v) is 4.75. The number of anilines is 2. The summed E-state index contributed by atoms with van der Waals surface area (Å²) in [6.45, 7) is 1.90. The van der Waals surface area contributed by atoms with Gasteiger partial charge in [0.05, 0.1) is 23.9 Å². The SMILES string of the molecule is COC(CN)CC(=O)N1CCN(C)c2ccccc21. The van der Waals surface area contributed by atoms with E-state index in [1.54, 1.807) is 7.11 Å². The van der Waals surface area contributed by atoms with Crippen molar-refractivity contribution in [2.24, 2.45) is 5.73 Å². The maximum absolute atomic E-state index is 12.4. The van der Waals surface area contributed by atoms with E-state index in [2.05, 4.69) is 4.90 Å². The van der Waals surface area contributed by atoms with Crippen LogP contribution in [-0.2, 0) is 9.53 Å². The Morgan fingerprint density at radius 3 is 2.68 bits per heavy atom. The third-order valence-electron chi connectivity index (χ3n) is 3.54. The van der Waals surface area contributed by atoms with E-state index in [-0.39, 0.29) is 12.0 Å². The molecule has 2 rings (SSSR count). The van der Waals surface area contributed by atoms with Crippen molar-refractivity contribution in [1.82, 2.24) is 0 Å². The number of carbonyl (C=O) groups is 1. The van der Waals surface area contributed by atoms with Gasteiger partial charge in [-0.25, -0.2) is 0 Å². The van der Waals surface area contributed by atoms with Gasteiger partial charge in [0.15, 0.2) is 0 Å². The number of fused-ring (bicyclic) bond motifs is 1. The highest BCUT2D eigenvalue weighted by Gasteiger charge is 2.26. The second-order valence-electron chi connectivity index (χ2n) is 4.75. The van der Waals surface area contributed by atoms with Crippen molar-refractivity contribution in [2.45, 2.75) is 12.5 Å². The summed E-state index contributed by atoms with van der Waals surface area (Å²) in [5.74, 6) is 0.0675. The van der Waals surface area contributed by atoms with E-state index >= 15 is 0 Å². The molecule has 1 heterocycles. The molecule has 1 aliphatic heterocycles. The first-order chi connectivity index (χ1) is 9.17. The number of ether oxygens (including phenoxy) is 1. The molecule has 5 heteroatoms. The van der Waals surface area contributed by atoms with Crippen LogP contribution in [0.25, 0.3) is 0 Å². The van der Waals surface area contributed by atoms with Crippen LogP contribution in [-0.4, -0.2) is 45.8 Å². The molecule has 0 saturated heterocycles. The fraction of sp³-hybridized carbons (Fsp3) is 0.500. The molecular weight excluding hydrogens is 242 g/mol. The molecule has 2 N–H and O–H groups in total. The highest BCUT2D eigenvalue weighted by atomic mass is 16.5. The van der Waals surface area contributed by atoms with Gasteiger partial charge in [0, 0.05) is 33.8 Å². The molecule has 0 fully saturated rings. The number of para-hydroxylation sites is 2. The van der Waals surface area contributed by atoms with Crippen molar-refractivity contribution in [3.05, 3.63) is 24.3 Å². The molecule has 0 saturated carbocycles. The van der Waals surface area contributed by atoms with E-state index in [1.807, 2.05) is 36.2 Å². The number of nitrogens with zero attached hydrogens (tertiary/aromatic N) is 2. The molecule has 1 aliphatic rings. The average molecular weight is 263 g/mol. The first-order valence-electron chi connectivity index (χ1n) is 6.50. The molecule has 1 atom stereocenters. The van der Waals surface area contributed by atoms with Crippen LogP contribution in [0.3, 0.4) is 0 Å². The van der Waals surface area contributed by atoms with Gasteiger partial charge in [-0.1, -0.05) is 12.1 Å². The lowest BCUT2D eigenvalue weighted by Gasteiger charge is -2.36. The number of hydrogen-bond acceptors (Lipinski definition) is 4. The number of hydrogen-bond donors (Lipinski definition) is 1. The summed E-state index contributed by atoms with van der Waals surface area (Å²) >= 11 is 0. The predicted molar refractivity (Wildman–Crippen MR) is 76.5 cm³/mol. The Labute approximate surface area is 113 Å². The minimum absolute atomic E-state index is 0.0675. The standard InChI is InChI=1S/C14H21N3O2/c1-16-7-8-17(13-6-4-3-5-12(13)16)14(18)9-11(10-15)19-2/h3-6,11H,7-10,15H2,1-2H3. The van der Waals surface area contributed by atoms with Crippen LogP contribution in [0.5, 0.6) is 0 Å². The fourth-order valence-electron chi connectivity index (χ4n) is 2.33. The highest BCUT2D eigenvalue weighted by Crippen LogP contribution is 2.32. The Morgan fingerprint density at radius 2 is 2.05 bits per heavy atom. The summed E-state index contributed by atoms with van der Waals surface area (Å²) in [7, 11) is 3.63. The van der Waals surface area contributed by atoms with E-state index in [9.17, 15) is 4.79 Å². The van der Waals surface area contributed by atoms with Gasteiger partial charge in [-0.3, -0.25) is 4.79 Å². The molecule has 0 radical (unpaired) electrons. The quantitative estimate of drug-likeness (QED) is 0.874. The van der Waals surface area contributed by atoms with E-state index in [0.29, 0.717) is 19.5 Å². The Hall–Kier alpha value is -1.59. The van der Waals surface area contributed by atoms with Crippen LogP contribution >= 0.6 is 0 Å². The van der Waals surface area contributed by atoms with E-state index in [0.717, 1.165) is 17.9 Å². The summed E-state index contributed by atoms with van der Waals surface area (Å²) in [5, 5.41) is 0. The van der Waals surface area contributed by atoms with E-state index in [1.165, 1.54) is 0 Å². The van der Waals surface area contributed by atoms with Crippen molar-refractivity contribution < 1.29 is 9.53 Å². The van der Waals surface area contributed by atoms with Gasteiger partial charge in [-0.05, 0) is 12.1 Å². The Morgan fingerprint density at radius 1 is 1.37 bits per heavy atom. The Bertz CT molecular complexity index is 446. The second kappa shape index (κ2) is 6.04. The normalized spacial score (nSPS) is 16.2. The summed E-state index contributed by atoms with van der Waals surface area (Å²) in [6.07, 6.45) is 0.115. The third kappa shape index (κ3) is 2.88. The first-order valence-corrected chi connectivity index (χ1v) is 6.50. The molecule has 1 aromatic carbocycles. The predicted octanol–water partition coefficient (Wildman–Crippen LogP) is 0.833. The summed E-state index contributed by atoms with van der Waals surface area (Å²) in [4.78, 5) is 16.4. The zero-order valence-corrected chi connectivity index (χ0v) is 11.5. The van der Waals surface area contributed by atoms with Crippen molar-refractivity contribution >= 4 is 17.3 Å². The van der Waals surface area contributed by atoms with Gasteiger partial charge >= 0.3 is 0 Å². The smallest absolute Gasteiger partial charge is 0.229 e. The van der Waals surface area contributed by atoms with Gasteiger partial charge in [0.25, 0.3) is 0 Å². The molecule has 5 nitrogen and oxygen atoms in total. The molecule has 0 bridgehead atoms. The number of carbonyl (C=O) groups excluding carboxylic acids is 1. The lowest BCUT2D eigenvalue weighted by atomic mass is 10.1. The van der Waals surface area contributed by atoms with Gasteiger partial charge in [0.2, 0.25) is 5.91 Å². The van der Waals surface area contributed by atoms with Gasteiger partial charge in [-0.15, -0.1) is 0 Å². The molecule has 1 aromatic rings. The molecule has 19 heavy (non-hydrogen) atoms. The minimum Gasteiger partial charge on any atom is -0.380 e. The topological polar surface area (TPSA) is 58.8 Å². The summed E-state index contributed by atoms with van der Waals surface area (Å²) < 4.78 is 5.19. The van der Waals surface area contributed by atoms with Crippen molar-refractivity contribution in [3.8, 4) is 0 Å². The number of methoxy groups -OCH3 is 1. The van der Waals surface area contributed by atoms with Crippen molar-refractivity contribution in [2.75, 3.05) is 43.6 Å². The van der Waals surface area contributed by atoms with Crippen LogP contribution in [0.4, 0.5) is 11.4 Å². The third-order valence-corrected chi connectivity index (χ3v) is 3.54. The Kier molecular flexibility index (Phi) is 4.39. The number of benzene rings is 1. The lowest BCUT2D eigenvalue weighted by molar-refractivity contribution is -0.120. The molecule has 0 aromatic heterocycles. The number of likely N-dealkylation sites (N-methyl/N-ethyl adjacent to an activating group) is 1. The molecule has 104 valence electrons. The van der Waals surface area contributed by atoms with E-state index < -0.39 is 0 Å². The average Bonchev–Trinajstić information content (AvgIpc) is 2.45. The van der Waals surface area contributed by atoms with Crippen LogP contribution in [0.2, 0.25) is 0 Å². The summed E-state index contributed by atoms with van der Waals surface area (Å²) in [6, 6.07) is 7.95. The molecular formula is C14H21N3O2. The highest BCUT2D eigenvalue weighted by molar-refractivity contribution is 5.98. The first kappa shape index (κ1) is 13.8. The molecule has 0 aliphatic carbocycles. The number of amides is 1. The Balaban J connectivity index is 2.18. The zero-order valence-electron chi connectivity index (χ0n) is 11.5. The van der Waals surface area contributed by atoms with Crippen LogP contribution in [0, 0.1) is 0 Å². The maximum atomic E-state index is 12.4. The molecule has 1 amide bonds. The largest absolute Gasteiger partial charge is 0.380 e. The van der Waals surface area contributed by atoms with Crippen molar-refractivity contribution in [3.63, 3.8) is 0 Å². The lowest BCUT2D eigenvalue weighted by Crippen LogP contribution is -2.44. The number of nitrogens with two attached hydrogens (primary N) is 1. The fourth-order valence-corrected chi connectivity index (χ4v) is 2.33. The van der Waals surface area contributed by atoms with Gasteiger partial charge in [-0.2, -0.15) is 0 Å². The van der Waals surface area contributed by atoms with E-state index in [4.69, 9.17) is 10.5 Å². The zero-order chi connectivity index (χ0) is 13.8. The van der Waals surface area contributed by atoms with Crippen LogP contribution < -0.4 is 15.5 Å². The number of rotatable bonds is 4. The molecule has 0 spiro atoms. The van der Waals surface area contributed by atoms with Crippen molar-refractivity contribution in [1.29, 1.82) is 0 Å². The van der Waals surface area contributed by atoms with Gasteiger partial charge in [0.1, 0.15) is 0 Å². The monoisotopic (exact) mass is 263 g/mol. The maximum Gasteiger partial charge on any atom is 0.229 e. The van der Waals surface area contributed by atoms with Gasteiger partial charge < -0.3 is 20.3 Å².